The maximum absolute atomic E-state index is 10.6. The van der Waals surface area contributed by atoms with E-state index in [4.69, 9.17) is 14.4 Å². The summed E-state index contributed by atoms with van der Waals surface area (Å²) < 4.78 is 9.97. The first-order valence-corrected chi connectivity index (χ1v) is 5.26. The molecular formula is C12H12N2O4. The van der Waals surface area contributed by atoms with Gasteiger partial charge < -0.3 is 19.7 Å². The number of methoxy groups -OCH3 is 1. The average molecular weight is 248 g/mol. The Bertz CT molecular complexity index is 551. The maximum atomic E-state index is 10.6. The Morgan fingerprint density at radius 2 is 2.33 bits per heavy atom. The van der Waals surface area contributed by atoms with Crippen molar-refractivity contribution < 1.29 is 19.2 Å². The summed E-state index contributed by atoms with van der Waals surface area (Å²) in [5.41, 5.74) is 0.750. The number of carboxylic acids is 1. The van der Waals surface area contributed by atoms with Gasteiger partial charge in [-0.15, -0.1) is 0 Å². The number of rotatable bonds is 5. The molecule has 6 nitrogen and oxygen atoms in total. The summed E-state index contributed by atoms with van der Waals surface area (Å²) in [5, 5.41) is 15.2. The minimum atomic E-state index is -1.11. The van der Waals surface area contributed by atoms with Gasteiger partial charge in [-0.2, -0.15) is 0 Å². The zero-order valence-electron chi connectivity index (χ0n) is 9.71. The van der Waals surface area contributed by atoms with E-state index in [1.54, 1.807) is 7.11 Å². The highest BCUT2D eigenvalue weighted by Gasteiger charge is 2.10. The van der Waals surface area contributed by atoms with E-state index in [1.807, 2.05) is 24.3 Å². The Hall–Kier alpha value is -2.50. The number of carbonyl (C=O) groups is 1. The lowest BCUT2D eigenvalue weighted by atomic mass is 10.3. The molecule has 1 aromatic heterocycles. The van der Waals surface area contributed by atoms with E-state index in [2.05, 4.69) is 10.5 Å². The van der Waals surface area contributed by atoms with Crippen molar-refractivity contribution in [3.05, 3.63) is 41.8 Å². The van der Waals surface area contributed by atoms with Gasteiger partial charge in [0, 0.05) is 17.8 Å². The van der Waals surface area contributed by atoms with Crippen LogP contribution in [0.25, 0.3) is 0 Å². The average Bonchev–Trinajstić information content (AvgIpc) is 2.85. The quantitative estimate of drug-likeness (QED) is 0.841. The normalized spacial score (nSPS) is 10.1. The van der Waals surface area contributed by atoms with Crippen molar-refractivity contribution in [1.29, 1.82) is 0 Å². The van der Waals surface area contributed by atoms with Crippen molar-refractivity contribution in [3.8, 4) is 5.75 Å². The number of anilines is 1. The SMILES string of the molecule is COc1cccc(NCc2cc(C(=O)O)no2)c1. The van der Waals surface area contributed by atoms with Crippen LogP contribution in [-0.4, -0.2) is 23.3 Å². The molecule has 6 heteroatoms. The standard InChI is InChI=1S/C12H12N2O4/c1-17-9-4-2-3-8(5-9)13-7-10-6-11(12(15)16)14-18-10/h2-6,13H,7H2,1H3,(H,15,16). The second-order valence-electron chi connectivity index (χ2n) is 3.57. The highest BCUT2D eigenvalue weighted by molar-refractivity contribution is 5.85. The molecule has 0 bridgehead atoms. The molecule has 0 fully saturated rings. The molecule has 2 aromatic rings. The largest absolute Gasteiger partial charge is 0.497 e. The second kappa shape index (κ2) is 5.22. The molecule has 0 atom stereocenters. The van der Waals surface area contributed by atoms with Crippen LogP contribution in [0.15, 0.2) is 34.9 Å². The van der Waals surface area contributed by atoms with Crippen LogP contribution in [0.2, 0.25) is 0 Å². The van der Waals surface area contributed by atoms with Crippen LogP contribution in [0, 0.1) is 0 Å². The molecule has 0 saturated carbocycles. The number of aromatic carboxylic acids is 1. The van der Waals surface area contributed by atoms with E-state index in [0.29, 0.717) is 12.3 Å². The molecule has 0 aliphatic rings. The zero-order valence-corrected chi connectivity index (χ0v) is 9.71. The summed E-state index contributed by atoms with van der Waals surface area (Å²) in [4.78, 5) is 10.6. The molecule has 2 N–H and O–H groups in total. The molecule has 0 aliphatic carbocycles. The van der Waals surface area contributed by atoms with Crippen LogP contribution < -0.4 is 10.1 Å². The van der Waals surface area contributed by atoms with Gasteiger partial charge in [0.15, 0.2) is 11.5 Å². The molecule has 0 saturated heterocycles. The minimum absolute atomic E-state index is 0.0996. The van der Waals surface area contributed by atoms with Crippen LogP contribution in [0.4, 0.5) is 5.69 Å². The van der Waals surface area contributed by atoms with Gasteiger partial charge in [0.1, 0.15) is 5.75 Å². The third kappa shape index (κ3) is 2.79. The van der Waals surface area contributed by atoms with E-state index < -0.39 is 5.97 Å². The molecule has 1 heterocycles. The molecule has 0 spiro atoms. The summed E-state index contributed by atoms with van der Waals surface area (Å²) in [6.45, 7) is 0.355. The van der Waals surface area contributed by atoms with Crippen molar-refractivity contribution in [2.24, 2.45) is 0 Å². The molecule has 0 radical (unpaired) electrons. The fraction of sp³-hybridized carbons (Fsp3) is 0.167. The van der Waals surface area contributed by atoms with Crippen LogP contribution >= 0.6 is 0 Å². The van der Waals surface area contributed by atoms with Gasteiger partial charge in [-0.25, -0.2) is 4.79 Å². The van der Waals surface area contributed by atoms with Gasteiger partial charge in [-0.1, -0.05) is 11.2 Å². The third-order valence-electron chi connectivity index (χ3n) is 2.31. The molecule has 0 amide bonds. The predicted molar refractivity (Wildman–Crippen MR) is 63.8 cm³/mol. The third-order valence-corrected chi connectivity index (χ3v) is 2.31. The zero-order chi connectivity index (χ0) is 13.0. The Morgan fingerprint density at radius 3 is 3.00 bits per heavy atom. The van der Waals surface area contributed by atoms with Crippen molar-refractivity contribution in [1.82, 2.24) is 5.16 Å². The number of aromatic nitrogens is 1. The van der Waals surface area contributed by atoms with Crippen molar-refractivity contribution in [3.63, 3.8) is 0 Å². The lowest BCUT2D eigenvalue weighted by molar-refractivity contribution is 0.0685. The van der Waals surface area contributed by atoms with Crippen molar-refractivity contribution in [2.45, 2.75) is 6.54 Å². The summed E-state index contributed by atoms with van der Waals surface area (Å²) in [6, 6.07) is 8.77. The van der Waals surface area contributed by atoms with E-state index in [9.17, 15) is 4.79 Å². The lowest BCUT2D eigenvalue weighted by Crippen LogP contribution is -1.98. The summed E-state index contributed by atoms with van der Waals surface area (Å²) in [7, 11) is 1.59. The second-order valence-corrected chi connectivity index (χ2v) is 3.57. The Labute approximate surface area is 103 Å². The lowest BCUT2D eigenvalue weighted by Gasteiger charge is -2.05. The van der Waals surface area contributed by atoms with E-state index in [1.165, 1.54) is 6.07 Å². The molecule has 18 heavy (non-hydrogen) atoms. The van der Waals surface area contributed by atoms with E-state index >= 15 is 0 Å². The Morgan fingerprint density at radius 1 is 1.50 bits per heavy atom. The Balaban J connectivity index is 1.99. The maximum Gasteiger partial charge on any atom is 0.358 e. The number of hydrogen-bond acceptors (Lipinski definition) is 5. The highest BCUT2D eigenvalue weighted by atomic mass is 16.5. The van der Waals surface area contributed by atoms with Gasteiger partial charge in [0.2, 0.25) is 0 Å². The van der Waals surface area contributed by atoms with Crippen molar-refractivity contribution >= 4 is 11.7 Å². The van der Waals surface area contributed by atoms with E-state index in [-0.39, 0.29) is 5.69 Å². The monoisotopic (exact) mass is 248 g/mol. The van der Waals surface area contributed by atoms with Crippen LogP contribution in [0.3, 0.4) is 0 Å². The predicted octanol–water partition coefficient (Wildman–Crippen LogP) is 1.99. The highest BCUT2D eigenvalue weighted by Crippen LogP contribution is 2.17. The molecular weight excluding hydrogens is 236 g/mol. The molecule has 2 rings (SSSR count). The van der Waals surface area contributed by atoms with Gasteiger partial charge in [-0.3, -0.25) is 0 Å². The number of nitrogens with zero attached hydrogens (tertiary/aromatic N) is 1. The van der Waals surface area contributed by atoms with Crippen LogP contribution in [0.1, 0.15) is 16.2 Å². The molecule has 0 unspecified atom stereocenters. The first kappa shape index (κ1) is 12.0. The first-order valence-electron chi connectivity index (χ1n) is 5.26. The first-order chi connectivity index (χ1) is 8.69. The van der Waals surface area contributed by atoms with E-state index in [0.717, 1.165) is 11.4 Å². The number of carboxylic acid groups (broad SMARTS) is 1. The molecule has 94 valence electrons. The Kier molecular flexibility index (Phi) is 3.47. The topological polar surface area (TPSA) is 84.6 Å². The summed E-state index contributed by atoms with van der Waals surface area (Å²) in [6.07, 6.45) is 0. The fourth-order valence-electron chi connectivity index (χ4n) is 1.42. The minimum Gasteiger partial charge on any atom is -0.497 e. The summed E-state index contributed by atoms with van der Waals surface area (Å²) >= 11 is 0. The summed E-state index contributed by atoms with van der Waals surface area (Å²) in [5.74, 6) is 0.0883. The number of ether oxygens (including phenoxy) is 1. The molecule has 0 aliphatic heterocycles. The number of benzene rings is 1. The smallest absolute Gasteiger partial charge is 0.358 e. The van der Waals surface area contributed by atoms with Gasteiger partial charge >= 0.3 is 5.97 Å². The molecule has 1 aromatic carbocycles. The number of hydrogen-bond donors (Lipinski definition) is 2. The number of nitrogens with one attached hydrogen (secondary N) is 1. The van der Waals surface area contributed by atoms with Crippen molar-refractivity contribution in [2.75, 3.05) is 12.4 Å². The van der Waals surface area contributed by atoms with Crippen LogP contribution in [-0.2, 0) is 6.54 Å². The van der Waals surface area contributed by atoms with Gasteiger partial charge in [0.25, 0.3) is 0 Å². The van der Waals surface area contributed by atoms with Gasteiger partial charge in [0.05, 0.1) is 13.7 Å². The fourth-order valence-corrected chi connectivity index (χ4v) is 1.42. The van der Waals surface area contributed by atoms with Gasteiger partial charge in [-0.05, 0) is 12.1 Å². The van der Waals surface area contributed by atoms with Crippen LogP contribution in [0.5, 0.6) is 5.75 Å².